The number of rotatable bonds is 1. The molecular weight excluding hydrogens is 158 g/mol. The van der Waals surface area contributed by atoms with E-state index in [9.17, 15) is 0 Å². The van der Waals surface area contributed by atoms with Crippen molar-refractivity contribution < 1.29 is 0 Å². The molecule has 1 heteroatoms. The molecule has 0 bridgehead atoms. The molecule has 0 fully saturated rings. The number of aromatic nitrogens is 1. The van der Waals surface area contributed by atoms with E-state index < -0.39 is 0 Å². The third-order valence-corrected chi connectivity index (χ3v) is 2.31. The van der Waals surface area contributed by atoms with Gasteiger partial charge >= 0.3 is 0 Å². The van der Waals surface area contributed by atoms with Crippen molar-refractivity contribution >= 4 is 0 Å². The van der Waals surface area contributed by atoms with Gasteiger partial charge in [-0.05, 0) is 25.0 Å². The third-order valence-electron chi connectivity index (χ3n) is 2.31. The van der Waals surface area contributed by atoms with E-state index in [0.29, 0.717) is 0 Å². The van der Waals surface area contributed by atoms with Crippen molar-refractivity contribution in [2.75, 3.05) is 0 Å². The van der Waals surface area contributed by atoms with Crippen molar-refractivity contribution in [3.05, 3.63) is 29.1 Å². The van der Waals surface area contributed by atoms with Crippen molar-refractivity contribution in [1.82, 2.24) is 4.98 Å². The zero-order valence-corrected chi connectivity index (χ0v) is 9.31. The number of aryl methyl sites for hydroxylation is 2. The summed E-state index contributed by atoms with van der Waals surface area (Å²) in [4.78, 5) is 4.66. The predicted octanol–water partition coefficient (Wildman–Crippen LogP) is 3.25. The Bertz CT molecular complexity index is 294. The molecule has 0 unspecified atom stereocenters. The number of hydrogen-bond donors (Lipinski definition) is 0. The molecule has 0 aromatic carbocycles. The molecule has 1 rings (SSSR count). The second-order valence-electron chi connectivity index (χ2n) is 4.56. The van der Waals surface area contributed by atoms with Crippen LogP contribution in [0.5, 0.6) is 0 Å². The van der Waals surface area contributed by atoms with Gasteiger partial charge in [0.05, 0.1) is 0 Å². The average molecular weight is 177 g/mol. The molecule has 0 aliphatic carbocycles. The molecular formula is C12H19N. The minimum atomic E-state index is 0.164. The molecule has 72 valence electrons. The fourth-order valence-electron chi connectivity index (χ4n) is 1.35. The van der Waals surface area contributed by atoms with Crippen LogP contribution in [-0.2, 0) is 11.8 Å². The van der Waals surface area contributed by atoms with E-state index in [2.05, 4.69) is 51.7 Å². The van der Waals surface area contributed by atoms with E-state index in [-0.39, 0.29) is 5.41 Å². The molecule has 0 spiro atoms. The number of pyridine rings is 1. The lowest BCUT2D eigenvalue weighted by Crippen LogP contribution is -2.14. The lowest BCUT2D eigenvalue weighted by molar-refractivity contribution is 0.565. The summed E-state index contributed by atoms with van der Waals surface area (Å²) >= 11 is 0. The van der Waals surface area contributed by atoms with E-state index >= 15 is 0 Å². The fourth-order valence-corrected chi connectivity index (χ4v) is 1.35. The molecule has 0 radical (unpaired) electrons. The van der Waals surface area contributed by atoms with Gasteiger partial charge in [0.2, 0.25) is 0 Å². The summed E-state index contributed by atoms with van der Waals surface area (Å²) in [6, 6.07) is 4.31. The van der Waals surface area contributed by atoms with Gasteiger partial charge in [0.15, 0.2) is 0 Å². The van der Waals surface area contributed by atoms with Gasteiger partial charge in [-0.1, -0.05) is 33.8 Å². The maximum Gasteiger partial charge on any atom is 0.0460 e. The van der Waals surface area contributed by atoms with E-state index in [1.165, 1.54) is 17.0 Å². The molecule has 1 heterocycles. The van der Waals surface area contributed by atoms with Gasteiger partial charge in [0.1, 0.15) is 0 Å². The first-order chi connectivity index (χ1) is 5.95. The van der Waals surface area contributed by atoms with Crippen molar-refractivity contribution in [2.45, 2.75) is 46.5 Å². The molecule has 13 heavy (non-hydrogen) atoms. The summed E-state index contributed by atoms with van der Waals surface area (Å²) in [7, 11) is 0. The first-order valence-corrected chi connectivity index (χ1v) is 4.92. The summed E-state index contributed by atoms with van der Waals surface area (Å²) in [5, 5.41) is 0. The van der Waals surface area contributed by atoms with Crippen LogP contribution in [0, 0.1) is 6.92 Å². The lowest BCUT2D eigenvalue weighted by Gasteiger charge is -2.19. The highest BCUT2D eigenvalue weighted by atomic mass is 14.7. The maximum absolute atomic E-state index is 4.66. The largest absolute Gasteiger partial charge is 0.257 e. The molecule has 0 saturated carbocycles. The zero-order valence-electron chi connectivity index (χ0n) is 9.31. The Morgan fingerprint density at radius 1 is 1.23 bits per heavy atom. The van der Waals surface area contributed by atoms with Crippen LogP contribution in [0.25, 0.3) is 0 Å². The topological polar surface area (TPSA) is 12.9 Å². The van der Waals surface area contributed by atoms with Crippen LogP contribution in [0.15, 0.2) is 12.1 Å². The molecule has 0 aliphatic heterocycles. The predicted molar refractivity (Wildman–Crippen MR) is 57.1 cm³/mol. The highest BCUT2D eigenvalue weighted by Crippen LogP contribution is 2.21. The van der Waals surface area contributed by atoms with E-state index in [4.69, 9.17) is 0 Å². The average Bonchev–Trinajstić information content (AvgIpc) is 2.03. The normalized spacial score (nSPS) is 11.8. The van der Waals surface area contributed by atoms with Crippen LogP contribution in [-0.4, -0.2) is 4.98 Å². The SMILES string of the molecule is CCc1nc(C(C)(C)C)ccc1C. The van der Waals surface area contributed by atoms with E-state index in [1.807, 2.05) is 0 Å². The van der Waals surface area contributed by atoms with Crippen molar-refractivity contribution in [3.8, 4) is 0 Å². The minimum Gasteiger partial charge on any atom is -0.257 e. The van der Waals surface area contributed by atoms with Gasteiger partial charge in [0.25, 0.3) is 0 Å². The monoisotopic (exact) mass is 177 g/mol. The summed E-state index contributed by atoms with van der Waals surface area (Å²) in [6.07, 6.45) is 1.02. The summed E-state index contributed by atoms with van der Waals surface area (Å²) in [6.45, 7) is 10.9. The highest BCUT2D eigenvalue weighted by Gasteiger charge is 2.15. The molecule has 0 aliphatic rings. The molecule has 1 aromatic heterocycles. The third kappa shape index (κ3) is 2.30. The van der Waals surface area contributed by atoms with E-state index in [1.54, 1.807) is 0 Å². The molecule has 0 saturated heterocycles. The van der Waals surface area contributed by atoms with Gasteiger partial charge in [-0.3, -0.25) is 4.98 Å². The van der Waals surface area contributed by atoms with Crippen molar-refractivity contribution in [1.29, 1.82) is 0 Å². The molecule has 0 amide bonds. The highest BCUT2D eigenvalue weighted by molar-refractivity contribution is 5.24. The van der Waals surface area contributed by atoms with Gasteiger partial charge in [-0.15, -0.1) is 0 Å². The molecule has 0 N–H and O–H groups in total. The minimum absolute atomic E-state index is 0.164. The Morgan fingerprint density at radius 3 is 2.31 bits per heavy atom. The van der Waals surface area contributed by atoms with Gasteiger partial charge in [-0.2, -0.15) is 0 Å². The smallest absolute Gasteiger partial charge is 0.0460 e. The van der Waals surface area contributed by atoms with Crippen molar-refractivity contribution in [3.63, 3.8) is 0 Å². The van der Waals surface area contributed by atoms with Gasteiger partial charge in [-0.25, -0.2) is 0 Å². The molecule has 1 nitrogen and oxygen atoms in total. The summed E-state index contributed by atoms with van der Waals surface area (Å²) < 4.78 is 0. The number of hydrogen-bond acceptors (Lipinski definition) is 1. The molecule has 0 atom stereocenters. The summed E-state index contributed by atoms with van der Waals surface area (Å²) in [5.41, 5.74) is 3.88. The first-order valence-electron chi connectivity index (χ1n) is 4.92. The van der Waals surface area contributed by atoms with Gasteiger partial charge < -0.3 is 0 Å². The summed E-state index contributed by atoms with van der Waals surface area (Å²) in [5.74, 6) is 0. The second kappa shape index (κ2) is 3.49. The Labute approximate surface area is 81.2 Å². The Kier molecular flexibility index (Phi) is 2.74. The second-order valence-corrected chi connectivity index (χ2v) is 4.56. The van der Waals surface area contributed by atoms with Crippen molar-refractivity contribution in [2.24, 2.45) is 0 Å². The maximum atomic E-state index is 4.66. The fraction of sp³-hybridized carbons (Fsp3) is 0.583. The Morgan fingerprint density at radius 2 is 1.85 bits per heavy atom. The van der Waals surface area contributed by atoms with Crippen LogP contribution in [0.3, 0.4) is 0 Å². The van der Waals surface area contributed by atoms with Gasteiger partial charge in [0, 0.05) is 16.8 Å². The van der Waals surface area contributed by atoms with Crippen LogP contribution >= 0.6 is 0 Å². The number of nitrogens with zero attached hydrogens (tertiary/aromatic N) is 1. The lowest BCUT2D eigenvalue weighted by atomic mass is 9.91. The van der Waals surface area contributed by atoms with Crippen LogP contribution in [0.1, 0.15) is 44.6 Å². The van der Waals surface area contributed by atoms with Crippen LogP contribution in [0.2, 0.25) is 0 Å². The Balaban J connectivity index is 3.14. The van der Waals surface area contributed by atoms with E-state index in [0.717, 1.165) is 6.42 Å². The molecule has 1 aromatic rings. The van der Waals surface area contributed by atoms with Crippen LogP contribution < -0.4 is 0 Å². The van der Waals surface area contributed by atoms with Crippen LogP contribution in [0.4, 0.5) is 0 Å². The zero-order chi connectivity index (χ0) is 10.1. The quantitative estimate of drug-likeness (QED) is 0.641. The standard InChI is InChI=1S/C12H19N/c1-6-10-9(2)7-8-11(13-10)12(3,4)5/h7-8H,6H2,1-5H3. The first kappa shape index (κ1) is 10.2. The Hall–Kier alpha value is -0.850.